The Morgan fingerprint density at radius 1 is 1.31 bits per heavy atom. The lowest BCUT2D eigenvalue weighted by Crippen LogP contribution is -1.92. The predicted molar refractivity (Wildman–Crippen MR) is 62.6 cm³/mol. The quantitative estimate of drug-likeness (QED) is 0.711. The molecular weight excluding hydrogens is 202 g/mol. The van der Waals surface area contributed by atoms with Crippen LogP contribution in [0.3, 0.4) is 0 Å². The summed E-state index contributed by atoms with van der Waals surface area (Å²) in [7, 11) is 0. The molecule has 0 radical (unpaired) electrons. The van der Waals surface area contributed by atoms with Gasteiger partial charge in [-0.3, -0.25) is 4.98 Å². The van der Waals surface area contributed by atoms with Gasteiger partial charge in [0.1, 0.15) is 5.52 Å². The summed E-state index contributed by atoms with van der Waals surface area (Å²) in [4.78, 5) is 11.9. The average molecular weight is 213 g/mol. The highest BCUT2D eigenvalue weighted by Crippen LogP contribution is 2.23. The lowest BCUT2D eigenvalue weighted by Gasteiger charge is -1.95. The van der Waals surface area contributed by atoms with E-state index in [1.54, 1.807) is 6.20 Å². The first-order valence-corrected chi connectivity index (χ1v) is 5.24. The van der Waals surface area contributed by atoms with Gasteiger partial charge in [-0.25, -0.2) is 0 Å². The zero-order chi connectivity index (χ0) is 11.0. The van der Waals surface area contributed by atoms with Gasteiger partial charge in [-0.2, -0.15) is 4.98 Å². The second-order valence-corrected chi connectivity index (χ2v) is 3.51. The molecule has 4 heteroatoms. The van der Waals surface area contributed by atoms with Crippen LogP contribution >= 0.6 is 0 Å². The Morgan fingerprint density at radius 3 is 3.06 bits per heavy atom. The van der Waals surface area contributed by atoms with Crippen LogP contribution in [0.4, 0.5) is 0 Å². The zero-order valence-electron chi connectivity index (χ0n) is 8.90. The zero-order valence-corrected chi connectivity index (χ0v) is 8.90. The number of aromatic amines is 1. The number of aromatic nitrogens is 3. The third-order valence-corrected chi connectivity index (χ3v) is 2.48. The third-order valence-electron chi connectivity index (χ3n) is 2.48. The van der Waals surface area contributed by atoms with Gasteiger partial charge in [0.15, 0.2) is 0 Å². The Bertz CT molecular complexity index is 645. The summed E-state index contributed by atoms with van der Waals surface area (Å²) < 4.78 is 5.35. The maximum atomic E-state index is 5.35. The highest BCUT2D eigenvalue weighted by atomic mass is 16.5. The van der Waals surface area contributed by atoms with Crippen LogP contribution in [0.1, 0.15) is 6.92 Å². The fourth-order valence-electron chi connectivity index (χ4n) is 1.79. The van der Waals surface area contributed by atoms with Crippen LogP contribution in [0.25, 0.3) is 21.9 Å². The van der Waals surface area contributed by atoms with Gasteiger partial charge < -0.3 is 9.72 Å². The van der Waals surface area contributed by atoms with Crippen molar-refractivity contribution >= 4 is 21.9 Å². The van der Waals surface area contributed by atoms with E-state index in [0.717, 1.165) is 21.9 Å². The third kappa shape index (κ3) is 1.31. The van der Waals surface area contributed by atoms with E-state index < -0.39 is 0 Å². The van der Waals surface area contributed by atoms with Crippen LogP contribution in [0.15, 0.2) is 30.5 Å². The van der Waals surface area contributed by atoms with Crippen molar-refractivity contribution < 1.29 is 4.74 Å². The number of nitrogens with one attached hydrogen (secondary N) is 1. The number of rotatable bonds is 2. The Balaban J connectivity index is 2.32. The second kappa shape index (κ2) is 3.48. The van der Waals surface area contributed by atoms with E-state index in [0.29, 0.717) is 12.6 Å². The van der Waals surface area contributed by atoms with E-state index in [9.17, 15) is 0 Å². The van der Waals surface area contributed by atoms with E-state index in [2.05, 4.69) is 15.0 Å². The number of hydrogen-bond donors (Lipinski definition) is 1. The van der Waals surface area contributed by atoms with Crippen LogP contribution in [0.5, 0.6) is 6.01 Å². The number of imidazole rings is 1. The highest BCUT2D eigenvalue weighted by molar-refractivity contribution is 6.01. The summed E-state index contributed by atoms with van der Waals surface area (Å²) >= 11 is 0. The molecule has 0 spiro atoms. The van der Waals surface area contributed by atoms with Crippen molar-refractivity contribution in [3.05, 3.63) is 30.5 Å². The fraction of sp³-hybridized carbons (Fsp3) is 0.167. The van der Waals surface area contributed by atoms with E-state index in [1.165, 1.54) is 0 Å². The molecule has 1 N–H and O–H groups in total. The number of pyridine rings is 1. The first kappa shape index (κ1) is 9.15. The number of ether oxygens (including phenoxy) is 1. The Kier molecular flexibility index (Phi) is 1.99. The van der Waals surface area contributed by atoms with Crippen molar-refractivity contribution in [1.29, 1.82) is 0 Å². The Morgan fingerprint density at radius 2 is 2.19 bits per heavy atom. The SMILES string of the molecule is CCOc1nc2c(cnc3ccccc32)[nH]1. The minimum absolute atomic E-state index is 0.552. The fourth-order valence-corrected chi connectivity index (χ4v) is 1.79. The number of fused-ring (bicyclic) bond motifs is 3. The van der Waals surface area contributed by atoms with Crippen LogP contribution in [-0.4, -0.2) is 21.6 Å². The minimum atomic E-state index is 0.552. The molecule has 0 aliphatic heterocycles. The molecule has 0 aliphatic carbocycles. The lowest BCUT2D eigenvalue weighted by atomic mass is 10.2. The number of H-pyrrole nitrogens is 1. The summed E-state index contributed by atoms with van der Waals surface area (Å²) in [6.07, 6.45) is 1.78. The lowest BCUT2D eigenvalue weighted by molar-refractivity contribution is 0.317. The Labute approximate surface area is 92.3 Å². The van der Waals surface area contributed by atoms with Crippen molar-refractivity contribution in [1.82, 2.24) is 15.0 Å². The normalized spacial score (nSPS) is 11.1. The van der Waals surface area contributed by atoms with Gasteiger partial charge in [-0.1, -0.05) is 18.2 Å². The molecule has 1 aromatic carbocycles. The molecule has 0 aliphatic rings. The molecule has 16 heavy (non-hydrogen) atoms. The minimum Gasteiger partial charge on any atom is -0.465 e. The summed E-state index contributed by atoms with van der Waals surface area (Å²) in [6.45, 7) is 2.54. The van der Waals surface area contributed by atoms with Gasteiger partial charge in [0.05, 0.1) is 23.8 Å². The number of benzene rings is 1. The monoisotopic (exact) mass is 213 g/mol. The maximum Gasteiger partial charge on any atom is 0.294 e. The summed E-state index contributed by atoms with van der Waals surface area (Å²) in [5.41, 5.74) is 2.76. The van der Waals surface area contributed by atoms with E-state index in [1.807, 2.05) is 31.2 Å². The van der Waals surface area contributed by atoms with Crippen molar-refractivity contribution in [2.75, 3.05) is 6.61 Å². The van der Waals surface area contributed by atoms with Crippen molar-refractivity contribution in [2.24, 2.45) is 0 Å². The maximum absolute atomic E-state index is 5.35. The molecule has 0 unspecified atom stereocenters. The first-order valence-electron chi connectivity index (χ1n) is 5.24. The molecule has 80 valence electrons. The standard InChI is InChI=1S/C12H11N3O/c1-2-16-12-14-10-7-13-9-6-4-3-5-8(9)11(10)15-12/h3-7H,2H2,1H3,(H,14,15). The van der Waals surface area contributed by atoms with Gasteiger partial charge in [0.25, 0.3) is 6.01 Å². The van der Waals surface area contributed by atoms with Crippen LogP contribution in [-0.2, 0) is 0 Å². The molecule has 0 amide bonds. The van der Waals surface area contributed by atoms with Crippen LogP contribution in [0.2, 0.25) is 0 Å². The summed E-state index contributed by atoms with van der Waals surface area (Å²) in [5.74, 6) is 0. The molecule has 0 saturated heterocycles. The predicted octanol–water partition coefficient (Wildman–Crippen LogP) is 2.51. The number of hydrogen-bond acceptors (Lipinski definition) is 3. The van der Waals surface area contributed by atoms with Gasteiger partial charge in [0, 0.05) is 5.39 Å². The van der Waals surface area contributed by atoms with Crippen LogP contribution < -0.4 is 4.74 Å². The van der Waals surface area contributed by atoms with Gasteiger partial charge >= 0.3 is 0 Å². The topological polar surface area (TPSA) is 50.8 Å². The largest absolute Gasteiger partial charge is 0.465 e. The van der Waals surface area contributed by atoms with Gasteiger partial charge in [-0.15, -0.1) is 0 Å². The van der Waals surface area contributed by atoms with E-state index >= 15 is 0 Å². The summed E-state index contributed by atoms with van der Waals surface area (Å²) in [6, 6.07) is 8.50. The van der Waals surface area contributed by atoms with E-state index in [4.69, 9.17) is 4.74 Å². The van der Waals surface area contributed by atoms with Crippen molar-refractivity contribution in [3.8, 4) is 6.01 Å². The Hall–Kier alpha value is -2.10. The van der Waals surface area contributed by atoms with Crippen molar-refractivity contribution in [3.63, 3.8) is 0 Å². The molecule has 2 heterocycles. The van der Waals surface area contributed by atoms with Gasteiger partial charge in [0.2, 0.25) is 0 Å². The highest BCUT2D eigenvalue weighted by Gasteiger charge is 2.07. The van der Waals surface area contributed by atoms with Crippen molar-refractivity contribution in [2.45, 2.75) is 6.92 Å². The molecule has 0 fully saturated rings. The van der Waals surface area contributed by atoms with Crippen LogP contribution in [0, 0.1) is 0 Å². The molecule has 0 bridgehead atoms. The molecule has 4 nitrogen and oxygen atoms in total. The van der Waals surface area contributed by atoms with Gasteiger partial charge in [-0.05, 0) is 13.0 Å². The molecule has 0 atom stereocenters. The molecular formula is C12H11N3O. The molecule has 2 aromatic heterocycles. The van der Waals surface area contributed by atoms with E-state index in [-0.39, 0.29) is 0 Å². The number of para-hydroxylation sites is 1. The number of nitrogens with zero attached hydrogens (tertiary/aromatic N) is 2. The average Bonchev–Trinajstić information content (AvgIpc) is 2.72. The molecule has 3 aromatic rings. The molecule has 3 rings (SSSR count). The molecule has 0 saturated carbocycles. The smallest absolute Gasteiger partial charge is 0.294 e. The first-order chi connectivity index (χ1) is 7.88. The summed E-state index contributed by atoms with van der Waals surface area (Å²) in [5, 5.41) is 1.04. The second-order valence-electron chi connectivity index (χ2n) is 3.51.